The van der Waals surface area contributed by atoms with Gasteiger partial charge < -0.3 is 20.1 Å². The summed E-state index contributed by atoms with van der Waals surface area (Å²) in [4.78, 5) is 12.0. The molecule has 3 aromatic rings. The number of piperidine rings is 1. The molecule has 3 aromatic heterocycles. The van der Waals surface area contributed by atoms with E-state index in [1.165, 1.54) is 0 Å². The summed E-state index contributed by atoms with van der Waals surface area (Å²) in [5, 5.41) is 15.6. The number of carbonyl (C=O) groups is 1. The smallest absolute Gasteiger partial charge is 0.228 e. The summed E-state index contributed by atoms with van der Waals surface area (Å²) < 4.78 is 15.6. The molecule has 31 heavy (non-hydrogen) atoms. The van der Waals surface area contributed by atoms with Crippen LogP contribution in [0.25, 0.3) is 16.8 Å². The third kappa shape index (κ3) is 3.79. The maximum Gasteiger partial charge on any atom is 0.228 e. The Balaban J connectivity index is 1.25. The molecule has 1 saturated carbocycles. The van der Waals surface area contributed by atoms with Gasteiger partial charge in [-0.05, 0) is 25.0 Å². The molecule has 2 aliphatic heterocycles. The van der Waals surface area contributed by atoms with Gasteiger partial charge in [-0.1, -0.05) is 0 Å². The lowest BCUT2D eigenvalue weighted by atomic mass is 9.94. The molecule has 9 nitrogen and oxygen atoms in total. The van der Waals surface area contributed by atoms with Gasteiger partial charge in [0, 0.05) is 55.7 Å². The number of ether oxygens (including phenoxy) is 2. The highest BCUT2D eigenvalue weighted by atomic mass is 16.5. The van der Waals surface area contributed by atoms with Gasteiger partial charge in [-0.2, -0.15) is 10.2 Å². The van der Waals surface area contributed by atoms with E-state index in [2.05, 4.69) is 20.8 Å². The second kappa shape index (κ2) is 7.35. The average molecular weight is 422 g/mol. The Morgan fingerprint density at radius 3 is 2.81 bits per heavy atom. The first kappa shape index (κ1) is 18.8. The first-order valence-corrected chi connectivity index (χ1v) is 11.0. The fourth-order valence-corrected chi connectivity index (χ4v) is 4.59. The van der Waals surface area contributed by atoms with Gasteiger partial charge in [0.15, 0.2) is 11.6 Å². The van der Waals surface area contributed by atoms with E-state index in [0.717, 1.165) is 61.4 Å². The molecule has 3 fully saturated rings. The molecular formula is C22H26N6O3. The number of anilines is 1. The molecule has 6 rings (SSSR count). The van der Waals surface area contributed by atoms with Gasteiger partial charge in [0.05, 0.1) is 24.9 Å². The van der Waals surface area contributed by atoms with Gasteiger partial charge in [0.2, 0.25) is 5.91 Å². The second-order valence-corrected chi connectivity index (χ2v) is 8.90. The molecule has 2 N–H and O–H groups in total. The van der Waals surface area contributed by atoms with E-state index in [9.17, 15) is 4.79 Å². The van der Waals surface area contributed by atoms with Crippen molar-refractivity contribution in [2.45, 2.75) is 43.9 Å². The van der Waals surface area contributed by atoms with Crippen LogP contribution in [-0.4, -0.2) is 56.7 Å². The Kier molecular flexibility index (Phi) is 4.46. The normalized spacial score (nSPS) is 25.5. The second-order valence-electron chi connectivity index (χ2n) is 8.90. The topological polar surface area (TPSA) is 94.7 Å². The van der Waals surface area contributed by atoms with Gasteiger partial charge >= 0.3 is 0 Å². The van der Waals surface area contributed by atoms with E-state index in [4.69, 9.17) is 9.47 Å². The summed E-state index contributed by atoms with van der Waals surface area (Å²) in [5.41, 5.74) is 2.67. The number of amides is 1. The van der Waals surface area contributed by atoms with Crippen molar-refractivity contribution in [3.05, 3.63) is 30.6 Å². The van der Waals surface area contributed by atoms with Crippen LogP contribution in [0.5, 0.6) is 5.75 Å². The number of nitrogens with one attached hydrogen (secondary N) is 2. The van der Waals surface area contributed by atoms with Crippen molar-refractivity contribution < 1.29 is 14.3 Å². The molecule has 162 valence electrons. The van der Waals surface area contributed by atoms with E-state index in [1.807, 2.05) is 37.6 Å². The first-order chi connectivity index (χ1) is 15.1. The molecule has 3 aliphatic rings. The third-order valence-electron chi connectivity index (χ3n) is 6.23. The summed E-state index contributed by atoms with van der Waals surface area (Å²) in [6.07, 6.45) is 7.77. The minimum absolute atomic E-state index is 0.0566. The number of morpholine rings is 1. The number of hydrogen-bond acceptors (Lipinski definition) is 6. The Morgan fingerprint density at radius 2 is 2.03 bits per heavy atom. The van der Waals surface area contributed by atoms with Crippen LogP contribution < -0.4 is 15.4 Å². The van der Waals surface area contributed by atoms with Crippen LogP contribution in [-0.2, 0) is 16.6 Å². The van der Waals surface area contributed by atoms with Crippen LogP contribution in [0, 0.1) is 5.92 Å². The third-order valence-corrected chi connectivity index (χ3v) is 6.23. The van der Waals surface area contributed by atoms with Crippen LogP contribution in [0.3, 0.4) is 0 Å². The summed E-state index contributed by atoms with van der Waals surface area (Å²) in [5.74, 6) is 1.57. The number of rotatable bonds is 5. The quantitative estimate of drug-likeness (QED) is 0.653. The fraction of sp³-hybridized carbons (Fsp3) is 0.500. The highest BCUT2D eigenvalue weighted by molar-refractivity contribution is 5.93. The molecule has 1 unspecified atom stereocenters. The average Bonchev–Trinajstić information content (AvgIpc) is 3.42. The van der Waals surface area contributed by atoms with E-state index in [-0.39, 0.29) is 17.9 Å². The van der Waals surface area contributed by atoms with Crippen molar-refractivity contribution >= 4 is 17.2 Å². The SMILES string of the molecule is Cn1cc(OC2C[C@H]3COC[C@@H](C2)N3)c(-c2ccn3nc(NC(=O)C4CC4)cc3c2)n1. The highest BCUT2D eigenvalue weighted by Gasteiger charge is 2.34. The molecule has 1 aliphatic carbocycles. The Bertz CT molecular complexity index is 1120. The predicted octanol–water partition coefficient (Wildman–Crippen LogP) is 1.98. The number of fused-ring (bicyclic) bond motifs is 3. The van der Waals surface area contributed by atoms with Gasteiger partial charge in [0.1, 0.15) is 11.8 Å². The number of nitrogens with zero attached hydrogens (tertiary/aromatic N) is 4. The minimum Gasteiger partial charge on any atom is -0.486 e. The molecule has 9 heteroatoms. The molecule has 3 atom stereocenters. The van der Waals surface area contributed by atoms with E-state index in [1.54, 1.807) is 9.20 Å². The van der Waals surface area contributed by atoms with E-state index >= 15 is 0 Å². The van der Waals surface area contributed by atoms with Crippen molar-refractivity contribution in [1.82, 2.24) is 24.7 Å². The molecule has 1 amide bonds. The predicted molar refractivity (Wildman–Crippen MR) is 114 cm³/mol. The monoisotopic (exact) mass is 422 g/mol. The summed E-state index contributed by atoms with van der Waals surface area (Å²) in [6, 6.07) is 6.60. The molecule has 0 aromatic carbocycles. The Labute approximate surface area is 179 Å². The van der Waals surface area contributed by atoms with Gasteiger partial charge in [-0.3, -0.25) is 9.48 Å². The number of aryl methyl sites for hydroxylation is 1. The van der Waals surface area contributed by atoms with E-state index < -0.39 is 0 Å². The van der Waals surface area contributed by atoms with Crippen molar-refractivity contribution in [1.29, 1.82) is 0 Å². The molecule has 5 heterocycles. The van der Waals surface area contributed by atoms with Crippen LogP contribution in [0.15, 0.2) is 30.6 Å². The lowest BCUT2D eigenvalue weighted by Gasteiger charge is -2.39. The lowest BCUT2D eigenvalue weighted by molar-refractivity contribution is -0.117. The van der Waals surface area contributed by atoms with Crippen molar-refractivity contribution in [2.75, 3.05) is 18.5 Å². The Morgan fingerprint density at radius 1 is 1.23 bits per heavy atom. The molecule has 2 bridgehead atoms. The molecular weight excluding hydrogens is 396 g/mol. The molecule has 0 radical (unpaired) electrons. The van der Waals surface area contributed by atoms with Crippen LogP contribution in [0.1, 0.15) is 25.7 Å². The number of hydrogen-bond donors (Lipinski definition) is 2. The van der Waals surface area contributed by atoms with Crippen molar-refractivity contribution in [3.8, 4) is 17.0 Å². The summed E-state index contributed by atoms with van der Waals surface area (Å²) in [7, 11) is 1.91. The summed E-state index contributed by atoms with van der Waals surface area (Å²) in [6.45, 7) is 1.49. The largest absolute Gasteiger partial charge is 0.486 e. The lowest BCUT2D eigenvalue weighted by Crippen LogP contribution is -2.56. The van der Waals surface area contributed by atoms with Gasteiger partial charge in [-0.25, -0.2) is 4.52 Å². The zero-order valence-electron chi connectivity index (χ0n) is 17.5. The molecule has 0 spiro atoms. The molecule has 2 saturated heterocycles. The minimum atomic E-state index is 0.0566. The zero-order valence-corrected chi connectivity index (χ0v) is 17.5. The first-order valence-electron chi connectivity index (χ1n) is 11.0. The Hall–Kier alpha value is -2.91. The maximum absolute atomic E-state index is 12.0. The highest BCUT2D eigenvalue weighted by Crippen LogP contribution is 2.33. The standard InChI is InChI=1S/C22H26N6O3/c1-27-10-19(31-18-7-15-11-30-12-16(8-18)23-15)21(26-27)14-4-5-28-17(6-14)9-20(25-28)24-22(29)13-2-3-13/h4-6,9-10,13,15-16,18,23H,2-3,7-8,11-12H2,1H3,(H,24,25,29)/t15-,16+,18?. The number of pyridine rings is 1. The van der Waals surface area contributed by atoms with Crippen molar-refractivity contribution in [3.63, 3.8) is 0 Å². The summed E-state index contributed by atoms with van der Waals surface area (Å²) >= 11 is 0. The van der Waals surface area contributed by atoms with Crippen LogP contribution in [0.2, 0.25) is 0 Å². The maximum atomic E-state index is 12.0. The van der Waals surface area contributed by atoms with Gasteiger partial charge in [0.25, 0.3) is 0 Å². The van der Waals surface area contributed by atoms with Crippen LogP contribution in [0.4, 0.5) is 5.82 Å². The van der Waals surface area contributed by atoms with Gasteiger partial charge in [-0.15, -0.1) is 0 Å². The fourth-order valence-electron chi connectivity index (χ4n) is 4.59. The van der Waals surface area contributed by atoms with Crippen LogP contribution >= 0.6 is 0 Å². The number of aromatic nitrogens is 4. The number of carbonyl (C=O) groups excluding carboxylic acids is 1. The zero-order chi connectivity index (χ0) is 20.9. The van der Waals surface area contributed by atoms with E-state index in [0.29, 0.717) is 17.9 Å². The van der Waals surface area contributed by atoms with Crippen molar-refractivity contribution in [2.24, 2.45) is 13.0 Å².